The van der Waals surface area contributed by atoms with Crippen LogP contribution in [0.5, 0.6) is 0 Å². The highest BCUT2D eigenvalue weighted by Gasteiger charge is 2.36. The first-order chi connectivity index (χ1) is 9.46. The molecule has 20 heavy (non-hydrogen) atoms. The van der Waals surface area contributed by atoms with Gasteiger partial charge in [0.05, 0.1) is 11.6 Å². The van der Waals surface area contributed by atoms with Gasteiger partial charge in [-0.25, -0.2) is 9.67 Å². The summed E-state index contributed by atoms with van der Waals surface area (Å²) >= 11 is 11.8. The summed E-state index contributed by atoms with van der Waals surface area (Å²) in [5.74, 6) is -0.461. The highest BCUT2D eigenvalue weighted by Crippen LogP contribution is 2.27. The van der Waals surface area contributed by atoms with E-state index in [2.05, 4.69) is 10.1 Å². The van der Waals surface area contributed by atoms with E-state index < -0.39 is 11.4 Å². The molecule has 0 radical (unpaired) electrons. The van der Waals surface area contributed by atoms with Crippen molar-refractivity contribution in [3.8, 4) is 0 Å². The second-order valence-electron chi connectivity index (χ2n) is 4.43. The van der Waals surface area contributed by atoms with Crippen molar-refractivity contribution in [3.63, 3.8) is 0 Å². The predicted octanol–water partition coefficient (Wildman–Crippen LogP) is 2.61. The second kappa shape index (κ2) is 5.91. The van der Waals surface area contributed by atoms with Crippen LogP contribution in [0, 0.1) is 0 Å². The lowest BCUT2D eigenvalue weighted by molar-refractivity contribution is 0.0185. The van der Waals surface area contributed by atoms with Gasteiger partial charge in [0.15, 0.2) is 5.78 Å². The molecule has 1 aromatic heterocycles. The van der Waals surface area contributed by atoms with Gasteiger partial charge >= 0.3 is 0 Å². The Labute approximate surface area is 126 Å². The molecule has 1 heterocycles. The van der Waals surface area contributed by atoms with Gasteiger partial charge < -0.3 is 5.11 Å². The number of aromatic nitrogens is 3. The van der Waals surface area contributed by atoms with E-state index in [9.17, 15) is 9.90 Å². The number of carbonyl (C=O) groups excluding carboxylic acids is 1. The van der Waals surface area contributed by atoms with E-state index >= 15 is 0 Å². The molecular weight excluding hydrogens is 301 g/mol. The van der Waals surface area contributed by atoms with Gasteiger partial charge in [-0.3, -0.25) is 4.79 Å². The van der Waals surface area contributed by atoms with Crippen molar-refractivity contribution in [2.24, 2.45) is 0 Å². The van der Waals surface area contributed by atoms with Crippen molar-refractivity contribution in [1.82, 2.24) is 14.8 Å². The highest BCUT2D eigenvalue weighted by molar-refractivity contribution is 6.37. The van der Waals surface area contributed by atoms with E-state index in [1.165, 1.54) is 29.5 Å². The van der Waals surface area contributed by atoms with Gasteiger partial charge in [0.25, 0.3) is 0 Å². The van der Waals surface area contributed by atoms with E-state index in [4.69, 9.17) is 23.2 Å². The fraction of sp³-hybridized carbons (Fsp3) is 0.308. The van der Waals surface area contributed by atoms with Crippen molar-refractivity contribution < 1.29 is 9.90 Å². The molecule has 106 valence electrons. The maximum atomic E-state index is 12.5. The van der Waals surface area contributed by atoms with Gasteiger partial charge in [-0.2, -0.15) is 5.10 Å². The molecule has 0 bridgehead atoms. The summed E-state index contributed by atoms with van der Waals surface area (Å²) in [6.45, 7) is 1.74. The lowest BCUT2D eigenvalue weighted by Crippen LogP contribution is -2.42. The van der Waals surface area contributed by atoms with Crippen molar-refractivity contribution >= 4 is 29.0 Å². The molecule has 1 unspecified atom stereocenters. The summed E-state index contributed by atoms with van der Waals surface area (Å²) in [6, 6.07) is 4.54. The van der Waals surface area contributed by atoms with Crippen LogP contribution in [0.2, 0.25) is 10.0 Å². The number of carbonyl (C=O) groups is 1. The predicted molar refractivity (Wildman–Crippen MR) is 76.1 cm³/mol. The van der Waals surface area contributed by atoms with Crippen molar-refractivity contribution in [3.05, 3.63) is 46.5 Å². The molecule has 0 saturated carbocycles. The Bertz CT molecular complexity index is 616. The summed E-state index contributed by atoms with van der Waals surface area (Å²) in [4.78, 5) is 16.3. The molecule has 0 amide bonds. The van der Waals surface area contributed by atoms with Crippen LogP contribution >= 0.6 is 23.2 Å². The summed E-state index contributed by atoms with van der Waals surface area (Å²) in [6.07, 6.45) is 3.01. The van der Waals surface area contributed by atoms with Crippen LogP contribution in [-0.2, 0) is 6.54 Å². The quantitative estimate of drug-likeness (QED) is 0.862. The lowest BCUT2D eigenvalue weighted by Gasteiger charge is -2.25. The number of hydrogen-bond donors (Lipinski definition) is 1. The van der Waals surface area contributed by atoms with Crippen LogP contribution in [0.1, 0.15) is 23.7 Å². The molecule has 0 aliphatic carbocycles. The van der Waals surface area contributed by atoms with Gasteiger partial charge in [0.1, 0.15) is 18.3 Å². The second-order valence-corrected chi connectivity index (χ2v) is 5.28. The first-order valence-electron chi connectivity index (χ1n) is 6.01. The average molecular weight is 314 g/mol. The average Bonchev–Trinajstić information content (AvgIpc) is 2.90. The molecule has 0 spiro atoms. The van der Waals surface area contributed by atoms with Gasteiger partial charge in [-0.1, -0.05) is 30.1 Å². The van der Waals surface area contributed by atoms with Gasteiger partial charge in [-0.15, -0.1) is 0 Å². The standard InChI is InChI=1S/C13H13Cl2N3O2/c1-2-13(20,6-18-8-16-7-17-18)12(19)10-4-3-9(14)5-11(10)15/h3-5,7-8,20H,2,6H2,1H3. The number of nitrogens with zero attached hydrogens (tertiary/aromatic N) is 3. The Kier molecular flexibility index (Phi) is 4.42. The van der Waals surface area contributed by atoms with E-state index in [0.29, 0.717) is 5.02 Å². The SMILES string of the molecule is CCC(O)(Cn1cncn1)C(=O)c1ccc(Cl)cc1Cl. The monoisotopic (exact) mass is 313 g/mol. The number of aliphatic hydroxyl groups is 1. The largest absolute Gasteiger partial charge is 0.380 e. The Balaban J connectivity index is 2.32. The fourth-order valence-electron chi connectivity index (χ4n) is 1.85. The number of Topliss-reactive ketones (excluding diaryl/α,β-unsaturated/α-hetero) is 1. The van der Waals surface area contributed by atoms with Crippen LogP contribution in [0.25, 0.3) is 0 Å². The van der Waals surface area contributed by atoms with Crippen molar-refractivity contribution in [1.29, 1.82) is 0 Å². The lowest BCUT2D eigenvalue weighted by atomic mass is 9.90. The Hall–Kier alpha value is -1.43. The first kappa shape index (κ1) is 15.0. The first-order valence-corrected chi connectivity index (χ1v) is 6.76. The number of halogens is 2. The molecule has 2 aromatic rings. The molecule has 0 saturated heterocycles. The molecule has 2 rings (SSSR count). The van der Waals surface area contributed by atoms with Crippen LogP contribution < -0.4 is 0 Å². The van der Waals surface area contributed by atoms with Crippen LogP contribution in [0.3, 0.4) is 0 Å². The Morgan fingerprint density at radius 2 is 2.20 bits per heavy atom. The van der Waals surface area contributed by atoms with E-state index in [0.717, 1.165) is 0 Å². The van der Waals surface area contributed by atoms with Gasteiger partial charge in [-0.05, 0) is 24.6 Å². The zero-order valence-electron chi connectivity index (χ0n) is 10.8. The van der Waals surface area contributed by atoms with E-state index in [1.54, 1.807) is 13.0 Å². The molecule has 0 aliphatic heterocycles. The van der Waals surface area contributed by atoms with E-state index in [-0.39, 0.29) is 23.6 Å². The summed E-state index contributed by atoms with van der Waals surface area (Å²) in [7, 11) is 0. The summed E-state index contributed by atoms with van der Waals surface area (Å²) in [5.41, 5.74) is -1.36. The summed E-state index contributed by atoms with van der Waals surface area (Å²) < 4.78 is 1.41. The molecule has 0 aliphatic rings. The highest BCUT2D eigenvalue weighted by atomic mass is 35.5. The van der Waals surface area contributed by atoms with Gasteiger partial charge in [0, 0.05) is 10.6 Å². The summed E-state index contributed by atoms with van der Waals surface area (Å²) in [5, 5.41) is 15.1. The zero-order valence-corrected chi connectivity index (χ0v) is 12.3. The smallest absolute Gasteiger partial charge is 0.197 e. The fourth-order valence-corrected chi connectivity index (χ4v) is 2.35. The molecular formula is C13H13Cl2N3O2. The zero-order chi connectivity index (χ0) is 14.8. The number of benzene rings is 1. The molecule has 0 fully saturated rings. The van der Waals surface area contributed by atoms with Crippen molar-refractivity contribution in [2.75, 3.05) is 0 Å². The van der Waals surface area contributed by atoms with Crippen LogP contribution in [0.15, 0.2) is 30.9 Å². The number of rotatable bonds is 5. The molecule has 1 N–H and O–H groups in total. The van der Waals surface area contributed by atoms with Crippen LogP contribution in [0.4, 0.5) is 0 Å². The Morgan fingerprint density at radius 3 is 2.75 bits per heavy atom. The maximum Gasteiger partial charge on any atom is 0.197 e. The molecule has 7 heteroatoms. The third-order valence-corrected chi connectivity index (χ3v) is 3.62. The molecule has 1 aromatic carbocycles. The van der Waals surface area contributed by atoms with Crippen LogP contribution in [-0.4, -0.2) is 31.3 Å². The minimum Gasteiger partial charge on any atom is -0.380 e. The minimum atomic E-state index is -1.59. The minimum absolute atomic E-state index is 0.0152. The third kappa shape index (κ3) is 3.00. The molecule has 5 nitrogen and oxygen atoms in total. The third-order valence-electron chi connectivity index (χ3n) is 3.07. The Morgan fingerprint density at radius 1 is 1.45 bits per heavy atom. The topological polar surface area (TPSA) is 68.0 Å². The van der Waals surface area contributed by atoms with Crippen molar-refractivity contribution in [2.45, 2.75) is 25.5 Å². The maximum absolute atomic E-state index is 12.5. The molecule has 1 atom stereocenters. The number of ketones is 1. The van der Waals surface area contributed by atoms with Gasteiger partial charge in [0.2, 0.25) is 0 Å². The normalized spacial score (nSPS) is 14.0. The number of hydrogen-bond acceptors (Lipinski definition) is 4. The van der Waals surface area contributed by atoms with E-state index in [1.807, 2.05) is 0 Å².